The van der Waals surface area contributed by atoms with E-state index in [1.165, 1.54) is 0 Å². The van der Waals surface area contributed by atoms with Crippen LogP contribution in [0.4, 0.5) is 0 Å². The lowest BCUT2D eigenvalue weighted by Crippen LogP contribution is -2.20. The molecule has 1 rings (SSSR count). The molecule has 0 aliphatic carbocycles. The molecule has 0 aromatic heterocycles. The van der Waals surface area contributed by atoms with Crippen molar-refractivity contribution in [3.8, 4) is 0 Å². The molecule has 0 aromatic carbocycles. The van der Waals surface area contributed by atoms with Crippen molar-refractivity contribution in [2.75, 3.05) is 0 Å². The second kappa shape index (κ2) is 1.86. The van der Waals surface area contributed by atoms with Crippen molar-refractivity contribution in [1.82, 2.24) is 0 Å². The summed E-state index contributed by atoms with van der Waals surface area (Å²) in [5, 5.41) is 0. The Morgan fingerprint density at radius 1 is 0.800 bits per heavy atom. The quantitative estimate of drug-likeness (QED) is 0.454. The molecule has 8 heteroatoms. The lowest BCUT2D eigenvalue weighted by Gasteiger charge is -2.06. The third-order valence-electron chi connectivity index (χ3n) is 0.652. The Bertz CT molecular complexity index is 307. The fourth-order valence-electron chi connectivity index (χ4n) is 0.278. The van der Waals surface area contributed by atoms with Crippen molar-refractivity contribution in [1.29, 1.82) is 0 Å². The van der Waals surface area contributed by atoms with E-state index < -0.39 is 18.3 Å². The highest BCUT2D eigenvalue weighted by Crippen LogP contribution is 2.13. The Labute approximate surface area is 56.7 Å². The predicted molar refractivity (Wildman–Crippen MR) is 29.1 cm³/mol. The van der Waals surface area contributed by atoms with Crippen molar-refractivity contribution in [2.24, 2.45) is 0 Å². The molecule has 0 N–H and O–H groups in total. The van der Waals surface area contributed by atoms with Crippen LogP contribution < -0.4 is 0 Å². The second-order valence-electron chi connectivity index (χ2n) is 1.28. The molecule has 0 unspecified atom stereocenters. The Hall–Kier alpha value is -0.760. The second-order valence-corrected chi connectivity index (χ2v) is 5.75. The summed E-state index contributed by atoms with van der Waals surface area (Å²) in [6.07, 6.45) is 1.24. The standard InChI is InChI=1S/C2H2O6S2/c3-9(4)7-1-2-8-10(9,5)6/h1-2H. The number of hydrogen-bond acceptors (Lipinski definition) is 6. The molecule has 1 aliphatic rings. The summed E-state index contributed by atoms with van der Waals surface area (Å²) in [5.74, 6) is 0. The van der Waals surface area contributed by atoms with Crippen molar-refractivity contribution < 1.29 is 25.2 Å². The van der Waals surface area contributed by atoms with E-state index in [4.69, 9.17) is 0 Å². The summed E-state index contributed by atoms with van der Waals surface area (Å²) in [4.78, 5) is 0. The van der Waals surface area contributed by atoms with E-state index in [1.807, 2.05) is 0 Å². The first kappa shape index (κ1) is 7.35. The summed E-state index contributed by atoms with van der Waals surface area (Å²) in [6.45, 7) is 0. The molecule has 0 saturated carbocycles. The minimum absolute atomic E-state index is 0.621. The largest absolute Gasteiger partial charge is 0.454 e. The Kier molecular flexibility index (Phi) is 1.37. The van der Waals surface area contributed by atoms with Gasteiger partial charge < -0.3 is 8.37 Å². The molecule has 6 nitrogen and oxygen atoms in total. The van der Waals surface area contributed by atoms with Crippen LogP contribution in [-0.4, -0.2) is 16.8 Å². The first-order valence-corrected chi connectivity index (χ1v) is 5.30. The zero-order chi connectivity index (χ0) is 7.83. The minimum atomic E-state index is -4.60. The van der Waals surface area contributed by atoms with Crippen LogP contribution in [0.5, 0.6) is 0 Å². The third kappa shape index (κ3) is 0.948. The molecule has 0 amide bonds. The normalized spacial score (nSPS) is 26.4. The van der Waals surface area contributed by atoms with Gasteiger partial charge in [0.05, 0.1) is 0 Å². The summed E-state index contributed by atoms with van der Waals surface area (Å²) in [6, 6.07) is 0. The topological polar surface area (TPSA) is 86.7 Å². The molecule has 1 heterocycles. The van der Waals surface area contributed by atoms with Gasteiger partial charge in [-0.2, -0.15) is 16.8 Å². The van der Waals surface area contributed by atoms with Crippen LogP contribution in [0.1, 0.15) is 0 Å². The fraction of sp³-hybridized carbons (Fsp3) is 0. The maximum absolute atomic E-state index is 10.3. The van der Waals surface area contributed by atoms with Gasteiger partial charge in [-0.1, -0.05) is 0 Å². The van der Waals surface area contributed by atoms with Crippen molar-refractivity contribution in [3.05, 3.63) is 12.5 Å². The van der Waals surface area contributed by atoms with Crippen LogP contribution >= 0.6 is 0 Å². The van der Waals surface area contributed by atoms with Gasteiger partial charge in [-0.25, -0.2) is 0 Å². The maximum atomic E-state index is 10.3. The molecule has 0 radical (unpaired) electrons. The molecular formula is C2H2O6S2. The van der Waals surface area contributed by atoms with Gasteiger partial charge in [0.25, 0.3) is 0 Å². The van der Waals surface area contributed by atoms with E-state index in [0.717, 1.165) is 0 Å². The third-order valence-corrected chi connectivity index (χ3v) is 3.82. The van der Waals surface area contributed by atoms with Crippen LogP contribution in [0.3, 0.4) is 0 Å². The molecule has 10 heavy (non-hydrogen) atoms. The number of hydrogen-bond donors (Lipinski definition) is 0. The van der Waals surface area contributed by atoms with Crippen molar-refractivity contribution in [2.45, 2.75) is 0 Å². The predicted octanol–water partition coefficient (Wildman–Crippen LogP) is -0.921. The molecule has 0 atom stereocenters. The van der Waals surface area contributed by atoms with Crippen LogP contribution in [-0.2, 0) is 26.7 Å². The first-order chi connectivity index (χ1) is 4.46. The van der Waals surface area contributed by atoms with E-state index in [0.29, 0.717) is 12.5 Å². The zero-order valence-corrected chi connectivity index (χ0v) is 6.05. The summed E-state index contributed by atoms with van der Waals surface area (Å²) < 4.78 is 48.8. The monoisotopic (exact) mass is 186 g/mol. The van der Waals surface area contributed by atoms with Crippen LogP contribution in [0.15, 0.2) is 12.5 Å². The summed E-state index contributed by atoms with van der Waals surface area (Å²) >= 11 is 0. The lowest BCUT2D eigenvalue weighted by molar-refractivity contribution is 0.383. The van der Waals surface area contributed by atoms with Crippen molar-refractivity contribution in [3.63, 3.8) is 0 Å². The van der Waals surface area contributed by atoms with Gasteiger partial charge in [0, 0.05) is 0 Å². The van der Waals surface area contributed by atoms with Gasteiger partial charge in [-0.3, -0.25) is 0 Å². The van der Waals surface area contributed by atoms with E-state index in [-0.39, 0.29) is 0 Å². The molecule has 0 fully saturated rings. The van der Waals surface area contributed by atoms with E-state index in [2.05, 4.69) is 8.37 Å². The average Bonchev–Trinajstić information content (AvgIpc) is 1.77. The molecule has 58 valence electrons. The van der Waals surface area contributed by atoms with Gasteiger partial charge in [0.2, 0.25) is 0 Å². The summed E-state index contributed by atoms with van der Waals surface area (Å²) in [7, 11) is -9.20. The Balaban J connectivity index is 3.35. The molecule has 0 bridgehead atoms. The highest BCUT2D eigenvalue weighted by Gasteiger charge is 2.35. The van der Waals surface area contributed by atoms with Gasteiger partial charge in [-0.15, -0.1) is 0 Å². The Morgan fingerprint density at radius 2 is 1.10 bits per heavy atom. The average molecular weight is 186 g/mol. The van der Waals surface area contributed by atoms with Gasteiger partial charge >= 0.3 is 18.3 Å². The van der Waals surface area contributed by atoms with Crippen LogP contribution in [0, 0.1) is 0 Å². The van der Waals surface area contributed by atoms with E-state index >= 15 is 0 Å². The van der Waals surface area contributed by atoms with E-state index in [9.17, 15) is 16.8 Å². The van der Waals surface area contributed by atoms with Crippen LogP contribution in [0.25, 0.3) is 0 Å². The molecule has 0 saturated heterocycles. The highest BCUT2D eigenvalue weighted by molar-refractivity contribution is 8.63. The van der Waals surface area contributed by atoms with Crippen LogP contribution in [0.2, 0.25) is 0 Å². The smallest absolute Gasteiger partial charge is 0.374 e. The van der Waals surface area contributed by atoms with Gasteiger partial charge in [0.15, 0.2) is 0 Å². The molecule has 1 aliphatic heterocycles. The molecule has 0 aromatic rings. The highest BCUT2D eigenvalue weighted by atomic mass is 33.2. The molecular weight excluding hydrogens is 184 g/mol. The van der Waals surface area contributed by atoms with E-state index in [1.54, 1.807) is 0 Å². The fourth-order valence-corrected chi connectivity index (χ4v) is 1.68. The minimum Gasteiger partial charge on any atom is -0.374 e. The van der Waals surface area contributed by atoms with Crippen molar-refractivity contribution >= 4 is 18.3 Å². The summed E-state index contributed by atoms with van der Waals surface area (Å²) in [5.41, 5.74) is 0. The number of rotatable bonds is 0. The molecule has 0 spiro atoms. The Morgan fingerprint density at radius 3 is 1.30 bits per heavy atom. The van der Waals surface area contributed by atoms with Gasteiger partial charge in [-0.05, 0) is 0 Å². The van der Waals surface area contributed by atoms with Gasteiger partial charge in [0.1, 0.15) is 12.5 Å². The zero-order valence-electron chi connectivity index (χ0n) is 4.42. The lowest BCUT2D eigenvalue weighted by atomic mass is 11.1. The first-order valence-electron chi connectivity index (χ1n) is 1.97. The SMILES string of the molecule is O=S1(=O)OC=COS1(=O)=O. The maximum Gasteiger partial charge on any atom is 0.454 e.